The van der Waals surface area contributed by atoms with Crippen LogP contribution in [-0.4, -0.2) is 22.7 Å². The van der Waals surface area contributed by atoms with Crippen molar-refractivity contribution in [1.29, 1.82) is 0 Å². The number of benzene rings is 2. The number of imide groups is 1. The van der Waals surface area contributed by atoms with Gasteiger partial charge < -0.3 is 0 Å². The molecular weight excluding hydrogens is 386 g/mol. The van der Waals surface area contributed by atoms with Crippen molar-refractivity contribution in [3.63, 3.8) is 0 Å². The summed E-state index contributed by atoms with van der Waals surface area (Å²) >= 11 is 1.35. The lowest BCUT2D eigenvalue weighted by Gasteiger charge is -2.14. The van der Waals surface area contributed by atoms with E-state index in [1.165, 1.54) is 16.9 Å². The zero-order valence-corrected chi connectivity index (χ0v) is 16.7. The van der Waals surface area contributed by atoms with Crippen LogP contribution in [0.3, 0.4) is 0 Å². The third-order valence-electron chi connectivity index (χ3n) is 4.80. The second-order valence-electron chi connectivity index (χ2n) is 6.72. The number of nitrogens with zero attached hydrogens (tertiary/aromatic N) is 2. The van der Waals surface area contributed by atoms with E-state index in [4.69, 9.17) is 0 Å². The number of aryl methyl sites for hydroxylation is 1. The van der Waals surface area contributed by atoms with Crippen LogP contribution in [0.4, 0.5) is 10.8 Å². The van der Waals surface area contributed by atoms with Crippen LogP contribution in [0.2, 0.25) is 0 Å². The molecule has 0 radical (unpaired) electrons. The molecule has 1 aliphatic heterocycles. The van der Waals surface area contributed by atoms with Gasteiger partial charge in [0.05, 0.1) is 11.4 Å². The predicted octanol–water partition coefficient (Wildman–Crippen LogP) is 4.28. The van der Waals surface area contributed by atoms with E-state index in [-0.39, 0.29) is 30.6 Å². The summed E-state index contributed by atoms with van der Waals surface area (Å²) in [5, 5.41) is 5.18. The third-order valence-corrected chi connectivity index (χ3v) is 5.56. The average molecular weight is 405 g/mol. The average Bonchev–Trinajstić information content (AvgIpc) is 3.34. The highest BCUT2D eigenvalue weighted by molar-refractivity contribution is 7.14. The van der Waals surface area contributed by atoms with Crippen molar-refractivity contribution in [3.05, 3.63) is 65.0 Å². The molecule has 2 aromatic carbocycles. The number of anilines is 2. The smallest absolute Gasteiger partial charge is 0.257 e. The summed E-state index contributed by atoms with van der Waals surface area (Å²) in [6.07, 6.45) is 1.39. The second kappa shape index (κ2) is 7.97. The lowest BCUT2D eigenvalue weighted by atomic mass is 10.1. The molecule has 2 heterocycles. The summed E-state index contributed by atoms with van der Waals surface area (Å²) in [4.78, 5) is 42.1. The fraction of sp³-hybridized carbons (Fsp3) is 0.182. The minimum Gasteiger partial charge on any atom is -0.298 e. The maximum atomic E-state index is 12.6. The third kappa shape index (κ3) is 3.95. The Morgan fingerprint density at radius 2 is 1.83 bits per heavy atom. The molecule has 0 atom stereocenters. The molecule has 1 aliphatic rings. The van der Waals surface area contributed by atoms with Gasteiger partial charge in [-0.2, -0.15) is 0 Å². The zero-order valence-electron chi connectivity index (χ0n) is 15.8. The molecule has 6 nitrogen and oxygen atoms in total. The number of thiazole rings is 1. The second-order valence-corrected chi connectivity index (χ2v) is 7.57. The van der Waals surface area contributed by atoms with E-state index in [0.717, 1.165) is 22.6 Å². The maximum Gasteiger partial charge on any atom is 0.257 e. The largest absolute Gasteiger partial charge is 0.298 e. The standard InChI is InChI=1S/C22H19N3O3S/c1-2-14-6-8-15(9-7-14)18-13-29-22(23-18)24-21(28)16-4-3-5-17(12-16)25-19(26)10-11-20(25)27/h3-9,12-13H,2,10-11H2,1H3,(H,23,24,28). The van der Waals surface area contributed by atoms with Crippen LogP contribution < -0.4 is 10.2 Å². The zero-order chi connectivity index (χ0) is 20.4. The number of hydrogen-bond acceptors (Lipinski definition) is 5. The van der Waals surface area contributed by atoms with Crippen LogP contribution in [0.1, 0.15) is 35.7 Å². The molecule has 0 saturated carbocycles. The first-order chi connectivity index (χ1) is 14.0. The van der Waals surface area contributed by atoms with Gasteiger partial charge in [-0.15, -0.1) is 11.3 Å². The molecule has 29 heavy (non-hydrogen) atoms. The van der Waals surface area contributed by atoms with E-state index in [1.807, 2.05) is 17.5 Å². The van der Waals surface area contributed by atoms with Crippen molar-refractivity contribution in [2.24, 2.45) is 0 Å². The molecule has 3 amide bonds. The van der Waals surface area contributed by atoms with Crippen LogP contribution in [0.5, 0.6) is 0 Å². The first kappa shape index (κ1) is 19.0. The van der Waals surface area contributed by atoms with Gasteiger partial charge in [0.25, 0.3) is 5.91 Å². The van der Waals surface area contributed by atoms with E-state index in [0.29, 0.717) is 16.4 Å². The number of aromatic nitrogens is 1. The summed E-state index contributed by atoms with van der Waals surface area (Å²) < 4.78 is 0. The highest BCUT2D eigenvalue weighted by atomic mass is 32.1. The van der Waals surface area contributed by atoms with E-state index in [1.54, 1.807) is 24.3 Å². The van der Waals surface area contributed by atoms with Gasteiger partial charge in [-0.1, -0.05) is 37.3 Å². The Balaban J connectivity index is 1.50. The van der Waals surface area contributed by atoms with Gasteiger partial charge in [0.1, 0.15) is 0 Å². The van der Waals surface area contributed by atoms with Gasteiger partial charge >= 0.3 is 0 Å². The molecular formula is C22H19N3O3S. The van der Waals surface area contributed by atoms with E-state index in [2.05, 4.69) is 29.4 Å². The monoisotopic (exact) mass is 405 g/mol. The van der Waals surface area contributed by atoms with Crippen LogP contribution in [-0.2, 0) is 16.0 Å². The van der Waals surface area contributed by atoms with Gasteiger partial charge in [0.2, 0.25) is 11.8 Å². The van der Waals surface area contributed by atoms with Crippen LogP contribution in [0, 0.1) is 0 Å². The van der Waals surface area contributed by atoms with Gasteiger partial charge in [-0.3, -0.25) is 24.6 Å². The highest BCUT2D eigenvalue weighted by Crippen LogP contribution is 2.27. The molecule has 7 heteroatoms. The highest BCUT2D eigenvalue weighted by Gasteiger charge is 2.30. The van der Waals surface area contributed by atoms with Crippen molar-refractivity contribution >= 4 is 39.9 Å². The van der Waals surface area contributed by atoms with Crippen LogP contribution in [0.15, 0.2) is 53.9 Å². The van der Waals surface area contributed by atoms with E-state index < -0.39 is 0 Å². The summed E-state index contributed by atoms with van der Waals surface area (Å²) in [7, 11) is 0. The van der Waals surface area contributed by atoms with Crippen molar-refractivity contribution in [2.45, 2.75) is 26.2 Å². The Hall–Kier alpha value is -3.32. The van der Waals surface area contributed by atoms with E-state index in [9.17, 15) is 14.4 Å². The van der Waals surface area contributed by atoms with E-state index >= 15 is 0 Å². The fourth-order valence-electron chi connectivity index (χ4n) is 3.20. The minimum atomic E-state index is -0.340. The molecule has 4 rings (SSSR count). The first-order valence-corrected chi connectivity index (χ1v) is 10.2. The molecule has 1 fully saturated rings. The predicted molar refractivity (Wildman–Crippen MR) is 113 cm³/mol. The lowest BCUT2D eigenvalue weighted by Crippen LogP contribution is -2.28. The van der Waals surface area contributed by atoms with Gasteiger partial charge in [0, 0.05) is 29.3 Å². The molecule has 0 unspecified atom stereocenters. The van der Waals surface area contributed by atoms with Crippen LogP contribution >= 0.6 is 11.3 Å². The number of rotatable bonds is 5. The molecule has 146 valence electrons. The fourth-order valence-corrected chi connectivity index (χ4v) is 3.91. The number of carbonyl (C=O) groups excluding carboxylic acids is 3. The Kier molecular flexibility index (Phi) is 5.22. The topological polar surface area (TPSA) is 79.4 Å². The summed E-state index contributed by atoms with van der Waals surface area (Å²) in [5.74, 6) is -0.828. The summed E-state index contributed by atoms with van der Waals surface area (Å²) in [5.41, 5.74) is 3.83. The number of hydrogen-bond donors (Lipinski definition) is 1. The van der Waals surface area contributed by atoms with Crippen molar-refractivity contribution in [1.82, 2.24) is 4.98 Å². The first-order valence-electron chi connectivity index (χ1n) is 9.37. The Bertz CT molecular complexity index is 1070. The van der Waals surface area contributed by atoms with Gasteiger partial charge in [0.15, 0.2) is 5.13 Å². The van der Waals surface area contributed by atoms with Crippen molar-refractivity contribution < 1.29 is 14.4 Å². The number of nitrogens with one attached hydrogen (secondary N) is 1. The SMILES string of the molecule is CCc1ccc(-c2csc(NC(=O)c3cccc(N4C(=O)CCC4=O)c3)n2)cc1. The molecule has 1 aromatic heterocycles. The molecule has 3 aromatic rings. The number of amides is 3. The van der Waals surface area contributed by atoms with Crippen LogP contribution in [0.25, 0.3) is 11.3 Å². The molecule has 1 saturated heterocycles. The lowest BCUT2D eigenvalue weighted by molar-refractivity contribution is -0.121. The van der Waals surface area contributed by atoms with Gasteiger partial charge in [-0.25, -0.2) is 4.98 Å². The Morgan fingerprint density at radius 1 is 1.10 bits per heavy atom. The Morgan fingerprint density at radius 3 is 2.52 bits per heavy atom. The number of carbonyl (C=O) groups is 3. The molecule has 0 spiro atoms. The van der Waals surface area contributed by atoms with Gasteiger partial charge in [-0.05, 0) is 30.2 Å². The summed E-state index contributed by atoms with van der Waals surface area (Å²) in [6.45, 7) is 2.11. The molecule has 0 bridgehead atoms. The minimum absolute atomic E-state index is 0.205. The normalized spacial score (nSPS) is 13.8. The maximum absolute atomic E-state index is 12.6. The molecule has 1 N–H and O–H groups in total. The molecule has 0 aliphatic carbocycles. The van der Waals surface area contributed by atoms with Crippen molar-refractivity contribution in [3.8, 4) is 11.3 Å². The quantitative estimate of drug-likeness (QED) is 0.643. The Labute approximate surface area is 172 Å². The summed E-state index contributed by atoms with van der Waals surface area (Å²) in [6, 6.07) is 14.7. The van der Waals surface area contributed by atoms with Crippen molar-refractivity contribution in [2.75, 3.05) is 10.2 Å².